The fourth-order valence-corrected chi connectivity index (χ4v) is 2.42. The molecule has 0 unspecified atom stereocenters. The van der Waals surface area contributed by atoms with Crippen molar-refractivity contribution in [1.82, 2.24) is 9.97 Å². The standard InChI is InChI=1S/C20H20N4O/c1-13-4-8-17(9-5-13)23-19-12-20(22-15(3)21-19)24-18-10-6-16(7-11-18)14(2)25/h4-12H,1-3H3,(H2,21,22,23,24). The first-order chi connectivity index (χ1) is 12.0. The zero-order valence-electron chi connectivity index (χ0n) is 14.5. The minimum atomic E-state index is 0.0500. The van der Waals surface area contributed by atoms with Crippen molar-refractivity contribution in [2.24, 2.45) is 0 Å². The van der Waals surface area contributed by atoms with Gasteiger partial charge in [0.1, 0.15) is 17.5 Å². The number of hydrogen-bond acceptors (Lipinski definition) is 5. The molecule has 0 fully saturated rings. The molecule has 0 bridgehead atoms. The van der Waals surface area contributed by atoms with Crippen molar-refractivity contribution in [2.75, 3.05) is 10.6 Å². The molecule has 0 spiro atoms. The number of benzene rings is 2. The van der Waals surface area contributed by atoms with E-state index in [2.05, 4.69) is 27.5 Å². The average molecular weight is 332 g/mol. The lowest BCUT2D eigenvalue weighted by Crippen LogP contribution is -2.01. The number of Topliss-reactive ketones (excluding diaryl/α,β-unsaturated/α-hetero) is 1. The first-order valence-corrected chi connectivity index (χ1v) is 8.07. The van der Waals surface area contributed by atoms with Crippen LogP contribution in [-0.2, 0) is 0 Å². The SMILES string of the molecule is CC(=O)c1ccc(Nc2cc(Nc3ccc(C)cc3)nc(C)n2)cc1. The molecule has 0 saturated carbocycles. The highest BCUT2D eigenvalue weighted by Crippen LogP contribution is 2.21. The Morgan fingerprint density at radius 3 is 1.76 bits per heavy atom. The summed E-state index contributed by atoms with van der Waals surface area (Å²) in [6, 6.07) is 17.3. The van der Waals surface area contributed by atoms with Gasteiger partial charge in [-0.25, -0.2) is 9.97 Å². The number of carbonyl (C=O) groups excluding carboxylic acids is 1. The van der Waals surface area contributed by atoms with E-state index in [1.54, 1.807) is 19.1 Å². The summed E-state index contributed by atoms with van der Waals surface area (Å²) in [6.45, 7) is 5.46. The molecule has 5 nitrogen and oxygen atoms in total. The third kappa shape index (κ3) is 4.41. The minimum Gasteiger partial charge on any atom is -0.340 e. The highest BCUT2D eigenvalue weighted by atomic mass is 16.1. The number of carbonyl (C=O) groups is 1. The topological polar surface area (TPSA) is 66.9 Å². The Morgan fingerprint density at radius 1 is 0.800 bits per heavy atom. The molecular weight excluding hydrogens is 312 g/mol. The maximum atomic E-state index is 11.3. The molecule has 25 heavy (non-hydrogen) atoms. The Kier molecular flexibility index (Phi) is 4.75. The summed E-state index contributed by atoms with van der Waals surface area (Å²) in [6.07, 6.45) is 0. The summed E-state index contributed by atoms with van der Waals surface area (Å²) in [5.41, 5.74) is 3.73. The second kappa shape index (κ2) is 7.13. The summed E-state index contributed by atoms with van der Waals surface area (Å²) in [7, 11) is 0. The van der Waals surface area contributed by atoms with E-state index in [-0.39, 0.29) is 5.78 Å². The molecule has 2 aromatic carbocycles. The molecule has 0 aliphatic rings. The monoisotopic (exact) mass is 332 g/mol. The number of hydrogen-bond donors (Lipinski definition) is 2. The van der Waals surface area contributed by atoms with Gasteiger partial charge in [0.2, 0.25) is 0 Å². The van der Waals surface area contributed by atoms with Gasteiger partial charge in [0.25, 0.3) is 0 Å². The Labute approximate surface area is 147 Å². The molecular formula is C20H20N4O. The van der Waals surface area contributed by atoms with Gasteiger partial charge in [0, 0.05) is 23.0 Å². The fourth-order valence-electron chi connectivity index (χ4n) is 2.42. The number of nitrogens with zero attached hydrogens (tertiary/aromatic N) is 2. The third-order valence-corrected chi connectivity index (χ3v) is 3.73. The number of nitrogens with one attached hydrogen (secondary N) is 2. The molecule has 0 saturated heterocycles. The number of anilines is 4. The van der Waals surface area contributed by atoms with Crippen molar-refractivity contribution < 1.29 is 4.79 Å². The van der Waals surface area contributed by atoms with Crippen LogP contribution >= 0.6 is 0 Å². The molecule has 126 valence electrons. The predicted octanol–water partition coefficient (Wildman–Crippen LogP) is 4.78. The minimum absolute atomic E-state index is 0.0500. The Bertz CT molecular complexity index is 887. The molecule has 0 atom stereocenters. The van der Waals surface area contributed by atoms with Gasteiger partial charge in [-0.2, -0.15) is 0 Å². The number of ketones is 1. The van der Waals surface area contributed by atoms with Crippen molar-refractivity contribution in [3.05, 3.63) is 71.5 Å². The van der Waals surface area contributed by atoms with Crippen LogP contribution in [0.3, 0.4) is 0 Å². The zero-order chi connectivity index (χ0) is 17.8. The molecule has 5 heteroatoms. The zero-order valence-corrected chi connectivity index (χ0v) is 14.5. The van der Waals surface area contributed by atoms with Gasteiger partial charge in [-0.3, -0.25) is 4.79 Å². The van der Waals surface area contributed by atoms with Gasteiger partial charge in [-0.1, -0.05) is 17.7 Å². The lowest BCUT2D eigenvalue weighted by molar-refractivity contribution is 0.101. The largest absolute Gasteiger partial charge is 0.340 e. The number of aryl methyl sites for hydroxylation is 2. The first kappa shape index (κ1) is 16.6. The van der Waals surface area contributed by atoms with Crippen molar-refractivity contribution in [3.63, 3.8) is 0 Å². The highest BCUT2D eigenvalue weighted by Gasteiger charge is 2.04. The van der Waals surface area contributed by atoms with E-state index < -0.39 is 0 Å². The summed E-state index contributed by atoms with van der Waals surface area (Å²) >= 11 is 0. The maximum absolute atomic E-state index is 11.3. The van der Waals surface area contributed by atoms with E-state index in [1.807, 2.05) is 49.4 Å². The summed E-state index contributed by atoms with van der Waals surface area (Å²) < 4.78 is 0. The van der Waals surface area contributed by atoms with Gasteiger partial charge in [0.15, 0.2) is 5.78 Å². The van der Waals surface area contributed by atoms with Gasteiger partial charge < -0.3 is 10.6 Å². The molecule has 2 N–H and O–H groups in total. The van der Waals surface area contributed by atoms with Gasteiger partial charge in [-0.15, -0.1) is 0 Å². The van der Waals surface area contributed by atoms with Gasteiger partial charge in [0.05, 0.1) is 0 Å². The van der Waals surface area contributed by atoms with Crippen LogP contribution in [0.25, 0.3) is 0 Å². The third-order valence-electron chi connectivity index (χ3n) is 3.73. The lowest BCUT2D eigenvalue weighted by Gasteiger charge is -2.11. The highest BCUT2D eigenvalue weighted by molar-refractivity contribution is 5.94. The lowest BCUT2D eigenvalue weighted by atomic mass is 10.1. The Hall–Kier alpha value is -3.21. The Morgan fingerprint density at radius 2 is 1.28 bits per heavy atom. The molecule has 0 amide bonds. The second-order valence-corrected chi connectivity index (χ2v) is 5.94. The fraction of sp³-hybridized carbons (Fsp3) is 0.150. The maximum Gasteiger partial charge on any atom is 0.159 e. The van der Waals surface area contributed by atoms with Crippen LogP contribution in [0.15, 0.2) is 54.6 Å². The molecule has 1 aromatic heterocycles. The van der Waals surface area contributed by atoms with Gasteiger partial charge >= 0.3 is 0 Å². The molecule has 3 rings (SSSR count). The smallest absolute Gasteiger partial charge is 0.159 e. The summed E-state index contributed by atoms with van der Waals surface area (Å²) in [5.74, 6) is 2.13. The molecule has 1 heterocycles. The van der Waals surface area contributed by atoms with Crippen molar-refractivity contribution in [2.45, 2.75) is 20.8 Å². The summed E-state index contributed by atoms with van der Waals surface area (Å²) in [5, 5.41) is 6.53. The predicted molar refractivity (Wildman–Crippen MR) is 101 cm³/mol. The molecule has 0 aliphatic carbocycles. The quantitative estimate of drug-likeness (QED) is 0.658. The normalized spacial score (nSPS) is 10.4. The van der Waals surface area contributed by atoms with E-state index >= 15 is 0 Å². The first-order valence-electron chi connectivity index (χ1n) is 8.07. The number of rotatable bonds is 5. The van der Waals surface area contributed by atoms with E-state index in [9.17, 15) is 4.79 Å². The van der Waals surface area contributed by atoms with E-state index in [4.69, 9.17) is 0 Å². The van der Waals surface area contributed by atoms with E-state index in [0.29, 0.717) is 17.2 Å². The second-order valence-electron chi connectivity index (χ2n) is 5.94. The van der Waals surface area contributed by atoms with Crippen LogP contribution in [0.4, 0.5) is 23.0 Å². The summed E-state index contributed by atoms with van der Waals surface area (Å²) in [4.78, 5) is 20.2. The van der Waals surface area contributed by atoms with Crippen LogP contribution in [0, 0.1) is 13.8 Å². The van der Waals surface area contributed by atoms with Crippen molar-refractivity contribution in [1.29, 1.82) is 0 Å². The molecule has 0 radical (unpaired) electrons. The average Bonchev–Trinajstić information content (AvgIpc) is 2.57. The van der Waals surface area contributed by atoms with Gasteiger partial charge in [-0.05, 0) is 57.2 Å². The van der Waals surface area contributed by atoms with Crippen LogP contribution in [0.2, 0.25) is 0 Å². The van der Waals surface area contributed by atoms with E-state index in [0.717, 1.165) is 17.2 Å². The van der Waals surface area contributed by atoms with E-state index in [1.165, 1.54) is 5.56 Å². The van der Waals surface area contributed by atoms with Crippen LogP contribution in [-0.4, -0.2) is 15.8 Å². The van der Waals surface area contributed by atoms with Crippen molar-refractivity contribution in [3.8, 4) is 0 Å². The van der Waals surface area contributed by atoms with Crippen LogP contribution in [0.5, 0.6) is 0 Å². The van der Waals surface area contributed by atoms with Crippen molar-refractivity contribution >= 4 is 28.8 Å². The van der Waals surface area contributed by atoms with Crippen LogP contribution < -0.4 is 10.6 Å². The number of aromatic nitrogens is 2. The molecule has 0 aliphatic heterocycles. The Balaban J connectivity index is 1.79. The van der Waals surface area contributed by atoms with Crippen LogP contribution in [0.1, 0.15) is 28.7 Å². The molecule has 3 aromatic rings.